The summed E-state index contributed by atoms with van der Waals surface area (Å²) in [5.41, 5.74) is 0.812. The van der Waals surface area contributed by atoms with E-state index in [2.05, 4.69) is 37.0 Å². The highest BCUT2D eigenvalue weighted by molar-refractivity contribution is 5.95. The predicted octanol–water partition coefficient (Wildman–Crippen LogP) is 5.99. The third-order valence-electron chi connectivity index (χ3n) is 11.0. The Bertz CT molecular complexity index is 2060. The Hall–Kier alpha value is -5.51. The number of ether oxygens (including phenoxy) is 3. The van der Waals surface area contributed by atoms with E-state index in [1.165, 1.54) is 29.5 Å². The number of H-pyrrole nitrogens is 1. The molecule has 5 heterocycles. The zero-order valence-electron chi connectivity index (χ0n) is 32.1. The van der Waals surface area contributed by atoms with E-state index in [-0.39, 0.29) is 43.3 Å². The van der Waals surface area contributed by atoms with E-state index in [0.29, 0.717) is 12.3 Å². The summed E-state index contributed by atoms with van der Waals surface area (Å²) in [5, 5.41) is 15.6. The number of aromatic amines is 1. The molecule has 3 aromatic carbocycles. The highest BCUT2D eigenvalue weighted by Gasteiger charge is 2.57. The second-order valence-electron chi connectivity index (χ2n) is 15.2. The molecule has 3 aliphatic heterocycles. The molecule has 5 aromatic rings. The number of aliphatic hydroxyl groups is 1. The van der Waals surface area contributed by atoms with E-state index in [9.17, 15) is 18.7 Å². The van der Waals surface area contributed by atoms with Crippen molar-refractivity contribution < 1.29 is 32.9 Å². The summed E-state index contributed by atoms with van der Waals surface area (Å²) in [7, 11) is 0. The number of nitrogens with zero attached hydrogens (tertiary/aromatic N) is 7. The van der Waals surface area contributed by atoms with Crippen LogP contribution in [0.3, 0.4) is 0 Å². The normalized spacial score (nSPS) is 23.6. The minimum Gasteiger partial charge on any atom is -0.488 e. The molecule has 9 rings (SSSR count). The third kappa shape index (κ3) is 8.18. The fourth-order valence-corrected chi connectivity index (χ4v) is 8.05. The fraction of sp³-hybridized carbons (Fsp3) is 0.405. The van der Waals surface area contributed by atoms with Crippen LogP contribution in [0.15, 0.2) is 104 Å². The van der Waals surface area contributed by atoms with E-state index in [4.69, 9.17) is 14.2 Å². The number of carbonyl (C=O) groups excluding carboxylic acids is 1. The summed E-state index contributed by atoms with van der Waals surface area (Å²) in [5.74, 6) is -0.618. The van der Waals surface area contributed by atoms with E-state index in [1.54, 1.807) is 9.80 Å². The zero-order valence-corrected chi connectivity index (χ0v) is 32.1. The molecule has 4 fully saturated rings. The second-order valence-corrected chi connectivity index (χ2v) is 15.2. The molecule has 13 nitrogen and oxygen atoms in total. The van der Waals surface area contributed by atoms with Crippen molar-refractivity contribution in [3.05, 3.63) is 121 Å². The fourth-order valence-electron chi connectivity index (χ4n) is 8.05. The van der Waals surface area contributed by atoms with Crippen molar-refractivity contribution in [3.63, 3.8) is 0 Å². The Morgan fingerprint density at radius 1 is 0.930 bits per heavy atom. The van der Waals surface area contributed by atoms with Gasteiger partial charge in [0, 0.05) is 79.2 Å². The van der Waals surface area contributed by atoms with Gasteiger partial charge in [-0.15, -0.1) is 0 Å². The van der Waals surface area contributed by atoms with Gasteiger partial charge in [-0.25, -0.2) is 23.2 Å². The molecule has 0 spiro atoms. The number of halogens is 2. The monoisotopic (exact) mass is 782 g/mol. The van der Waals surface area contributed by atoms with Crippen LogP contribution in [0.25, 0.3) is 0 Å². The van der Waals surface area contributed by atoms with Crippen LogP contribution in [0.5, 0.6) is 5.75 Å². The largest absolute Gasteiger partial charge is 0.488 e. The average Bonchev–Trinajstić information content (AvgIpc) is 3.57. The van der Waals surface area contributed by atoms with Gasteiger partial charge in [0.05, 0.1) is 19.7 Å². The number of rotatable bonds is 11. The number of hydrogen-bond donors (Lipinski definition) is 2. The van der Waals surface area contributed by atoms with Gasteiger partial charge in [0.15, 0.2) is 12.0 Å². The zero-order chi connectivity index (χ0) is 39.6. The van der Waals surface area contributed by atoms with Crippen molar-refractivity contribution >= 4 is 23.1 Å². The van der Waals surface area contributed by atoms with E-state index in [0.717, 1.165) is 62.1 Å². The van der Waals surface area contributed by atoms with Gasteiger partial charge < -0.3 is 34.1 Å². The number of aromatic nitrogens is 4. The van der Waals surface area contributed by atoms with Gasteiger partial charge in [-0.1, -0.05) is 6.07 Å². The molecule has 3 atom stereocenters. The first-order valence-corrected chi connectivity index (χ1v) is 19.4. The number of nitrogens with one attached hydrogen (secondary N) is 1. The molecule has 2 N–H and O–H groups in total. The van der Waals surface area contributed by atoms with Gasteiger partial charge in [-0.3, -0.25) is 9.80 Å². The van der Waals surface area contributed by atoms with Crippen LogP contribution in [0.2, 0.25) is 0 Å². The highest BCUT2D eigenvalue weighted by atomic mass is 19.1. The van der Waals surface area contributed by atoms with Crippen LogP contribution in [0.4, 0.5) is 30.6 Å². The first-order chi connectivity index (χ1) is 27.6. The van der Waals surface area contributed by atoms with Gasteiger partial charge in [0.2, 0.25) is 0 Å². The van der Waals surface area contributed by atoms with E-state index >= 15 is 0 Å². The highest BCUT2D eigenvalue weighted by Crippen LogP contribution is 2.47. The Morgan fingerprint density at radius 2 is 1.58 bits per heavy atom. The molecule has 0 bridgehead atoms. The van der Waals surface area contributed by atoms with Crippen molar-refractivity contribution in [1.29, 1.82) is 0 Å². The minimum atomic E-state index is -1.24. The second kappa shape index (κ2) is 16.2. The van der Waals surface area contributed by atoms with Crippen molar-refractivity contribution in [2.75, 3.05) is 60.6 Å². The molecule has 0 radical (unpaired) electrons. The number of urea groups is 1. The summed E-state index contributed by atoms with van der Waals surface area (Å²) >= 11 is 0. The maximum Gasteiger partial charge on any atom is 0.327 e. The molecule has 1 saturated carbocycles. The molecule has 4 aliphatic rings. The molecule has 3 saturated heterocycles. The number of benzene rings is 3. The van der Waals surface area contributed by atoms with Crippen molar-refractivity contribution in [1.82, 2.24) is 24.6 Å². The Balaban J connectivity index is 0.000000846. The number of β-amino-alcohol motifs (C(OH)–C–C–N with tert-alkyl or cyclic N) is 1. The summed E-state index contributed by atoms with van der Waals surface area (Å²) in [6, 6.07) is 23.0. The SMILES string of the molecule is CC(C)N1C(=O)N(c2ccc(N3CCN(c4ccc(OC[C@H]5OC[C@](Cn6cncn6)(c6ccc(F)cc6F)O5)cc4)CC3)cc2)CC1(O)C1CC1.c1cc[nH]c1. The quantitative estimate of drug-likeness (QED) is 0.166. The molecule has 1 unspecified atom stereocenters. The Morgan fingerprint density at radius 3 is 2.14 bits per heavy atom. The van der Waals surface area contributed by atoms with Crippen LogP contribution in [-0.2, 0) is 21.6 Å². The smallest absolute Gasteiger partial charge is 0.327 e. The van der Waals surface area contributed by atoms with E-state index in [1.807, 2.05) is 74.8 Å². The van der Waals surface area contributed by atoms with Crippen molar-refractivity contribution in [2.24, 2.45) is 5.92 Å². The van der Waals surface area contributed by atoms with Crippen LogP contribution < -0.4 is 19.4 Å². The molecular formula is C42H48F2N8O5. The predicted molar refractivity (Wildman–Crippen MR) is 210 cm³/mol. The molecule has 1 aliphatic carbocycles. The molecule has 15 heteroatoms. The van der Waals surface area contributed by atoms with Gasteiger partial charge in [0.1, 0.15) is 42.2 Å². The van der Waals surface area contributed by atoms with Crippen LogP contribution in [-0.4, -0.2) is 99.8 Å². The standard InChI is InChI=1S/C38H43F2N7O5.C4H5N/c1-26(2)47-36(48)46(22-38(47,49)27-3-4-27)31-8-6-29(7-9-31)43-15-17-44(18-16-43)30-10-12-32(13-11-30)50-20-35-51-23-37(52-35,21-45-25-41-24-42-45)33-14-5-28(39)19-34(33)40;1-2-4-5-3-1/h5-14,19,24-27,35,49H,3-4,15-18,20-23H2,1-2H3;1-5H/t35-,37+,38?;/m0./s1. The Kier molecular flexibility index (Phi) is 10.9. The number of carbonyl (C=O) groups is 1. The van der Waals surface area contributed by atoms with Gasteiger partial charge in [0.25, 0.3) is 0 Å². The first kappa shape index (κ1) is 38.4. The molecule has 2 aromatic heterocycles. The number of amides is 2. The van der Waals surface area contributed by atoms with Crippen LogP contribution >= 0.6 is 0 Å². The first-order valence-electron chi connectivity index (χ1n) is 19.4. The lowest BCUT2D eigenvalue weighted by molar-refractivity contribution is -0.117. The van der Waals surface area contributed by atoms with Crippen molar-refractivity contribution in [3.8, 4) is 5.75 Å². The summed E-state index contributed by atoms with van der Waals surface area (Å²) in [4.78, 5) is 28.2. The lowest BCUT2D eigenvalue weighted by Gasteiger charge is -2.37. The maximum atomic E-state index is 14.9. The summed E-state index contributed by atoms with van der Waals surface area (Å²) in [6.07, 6.45) is 7.75. The number of piperazine rings is 1. The summed E-state index contributed by atoms with van der Waals surface area (Å²) in [6.45, 7) is 7.78. The summed E-state index contributed by atoms with van der Waals surface area (Å²) < 4.78 is 48.3. The number of hydrogen-bond acceptors (Lipinski definition) is 9. The molecule has 2 amide bonds. The third-order valence-corrected chi connectivity index (χ3v) is 11.0. The molecule has 57 heavy (non-hydrogen) atoms. The topological polar surface area (TPSA) is 124 Å². The molecule has 300 valence electrons. The van der Waals surface area contributed by atoms with Gasteiger partial charge in [-0.2, -0.15) is 5.10 Å². The van der Waals surface area contributed by atoms with Crippen molar-refractivity contribution in [2.45, 2.75) is 56.9 Å². The molecular weight excluding hydrogens is 735 g/mol. The lowest BCUT2D eigenvalue weighted by Crippen LogP contribution is -2.52. The number of anilines is 3. The minimum absolute atomic E-state index is 0.0262. The Labute approximate surface area is 330 Å². The van der Waals surface area contributed by atoms with Gasteiger partial charge in [-0.05, 0) is 93.4 Å². The van der Waals surface area contributed by atoms with E-state index < -0.39 is 29.3 Å². The maximum absolute atomic E-state index is 14.9. The van der Waals surface area contributed by atoms with Crippen LogP contribution in [0.1, 0.15) is 32.3 Å². The van der Waals surface area contributed by atoms with Crippen LogP contribution in [0, 0.1) is 17.6 Å². The average molecular weight is 783 g/mol. The lowest BCUT2D eigenvalue weighted by atomic mass is 9.94. The van der Waals surface area contributed by atoms with Gasteiger partial charge >= 0.3 is 6.03 Å².